The molecule has 2 nitrogen and oxygen atoms in total. The second-order valence-electron chi connectivity index (χ2n) is 5.25. The van der Waals surface area contributed by atoms with Gasteiger partial charge in [-0.1, -0.05) is 46.3 Å². The topological polar surface area (TPSA) is 34.1 Å². The minimum Gasteiger partial charge on any atom is -0.229 e. The average Bonchev–Trinajstić information content (AvgIpc) is 2.79. The standard InChI is InChI=1S/C15H14BrFO2S/c16-15(10-7-8-20(18,19)9-10)13-5-6-14(17)12-4-2-1-3-11(12)13/h1-6,10,15H,7-9H2. The average molecular weight is 357 g/mol. The summed E-state index contributed by atoms with van der Waals surface area (Å²) >= 11 is 3.62. The van der Waals surface area contributed by atoms with Crippen LogP contribution in [-0.4, -0.2) is 19.9 Å². The van der Waals surface area contributed by atoms with Gasteiger partial charge < -0.3 is 0 Å². The fourth-order valence-electron chi connectivity index (χ4n) is 2.83. The third-order valence-corrected chi connectivity index (χ3v) is 6.92. The Morgan fingerprint density at radius 3 is 2.50 bits per heavy atom. The molecule has 106 valence electrons. The van der Waals surface area contributed by atoms with Gasteiger partial charge in [0.05, 0.1) is 11.5 Å². The van der Waals surface area contributed by atoms with Crippen molar-refractivity contribution in [1.29, 1.82) is 0 Å². The first-order valence-electron chi connectivity index (χ1n) is 6.49. The van der Waals surface area contributed by atoms with Crippen LogP contribution in [0.15, 0.2) is 36.4 Å². The number of halogens is 2. The fraction of sp³-hybridized carbons (Fsp3) is 0.333. The lowest BCUT2D eigenvalue weighted by Crippen LogP contribution is -2.10. The number of hydrogen-bond donors (Lipinski definition) is 0. The molecular weight excluding hydrogens is 343 g/mol. The van der Waals surface area contributed by atoms with E-state index in [0.717, 1.165) is 10.9 Å². The summed E-state index contributed by atoms with van der Waals surface area (Å²) in [5, 5.41) is 1.42. The lowest BCUT2D eigenvalue weighted by molar-refractivity contribution is 0.580. The molecule has 0 aliphatic carbocycles. The molecule has 20 heavy (non-hydrogen) atoms. The predicted molar refractivity (Wildman–Crippen MR) is 82.3 cm³/mol. The second kappa shape index (κ2) is 5.11. The summed E-state index contributed by atoms with van der Waals surface area (Å²) < 4.78 is 37.0. The molecule has 0 bridgehead atoms. The summed E-state index contributed by atoms with van der Waals surface area (Å²) in [6.07, 6.45) is 0.657. The molecule has 1 heterocycles. The van der Waals surface area contributed by atoms with Gasteiger partial charge in [0.15, 0.2) is 9.84 Å². The van der Waals surface area contributed by atoms with Crippen molar-refractivity contribution in [3.63, 3.8) is 0 Å². The van der Waals surface area contributed by atoms with Crippen molar-refractivity contribution < 1.29 is 12.8 Å². The number of hydrogen-bond acceptors (Lipinski definition) is 2. The van der Waals surface area contributed by atoms with E-state index in [1.165, 1.54) is 6.07 Å². The van der Waals surface area contributed by atoms with Crippen LogP contribution in [0.3, 0.4) is 0 Å². The first kappa shape index (κ1) is 14.0. The zero-order valence-corrected chi connectivity index (χ0v) is 13.1. The minimum atomic E-state index is -2.91. The summed E-state index contributed by atoms with van der Waals surface area (Å²) in [5.74, 6) is 0.255. The molecular formula is C15H14BrFO2S. The lowest BCUT2D eigenvalue weighted by Gasteiger charge is -2.18. The van der Waals surface area contributed by atoms with Gasteiger partial charge in [0.1, 0.15) is 5.82 Å². The van der Waals surface area contributed by atoms with Crippen LogP contribution in [0.25, 0.3) is 10.8 Å². The van der Waals surface area contributed by atoms with Gasteiger partial charge in [-0.25, -0.2) is 12.8 Å². The minimum absolute atomic E-state index is 0.0499. The van der Waals surface area contributed by atoms with Crippen LogP contribution in [0.4, 0.5) is 4.39 Å². The Balaban J connectivity index is 2.04. The third-order valence-electron chi connectivity index (χ3n) is 3.88. The van der Waals surface area contributed by atoms with E-state index in [0.29, 0.717) is 11.8 Å². The number of alkyl halides is 1. The first-order valence-corrected chi connectivity index (χ1v) is 9.23. The van der Waals surface area contributed by atoms with E-state index in [1.54, 1.807) is 18.2 Å². The van der Waals surface area contributed by atoms with E-state index in [4.69, 9.17) is 0 Å². The van der Waals surface area contributed by atoms with Gasteiger partial charge in [-0.2, -0.15) is 0 Å². The first-order chi connectivity index (χ1) is 9.48. The van der Waals surface area contributed by atoms with Gasteiger partial charge in [0, 0.05) is 10.2 Å². The van der Waals surface area contributed by atoms with Crippen molar-refractivity contribution in [1.82, 2.24) is 0 Å². The summed E-state index contributed by atoms with van der Waals surface area (Å²) in [6.45, 7) is 0. The molecule has 3 rings (SSSR count). The largest absolute Gasteiger partial charge is 0.229 e. The molecule has 2 unspecified atom stereocenters. The number of benzene rings is 2. The van der Waals surface area contributed by atoms with Crippen molar-refractivity contribution in [2.75, 3.05) is 11.5 Å². The van der Waals surface area contributed by atoms with Gasteiger partial charge in [-0.3, -0.25) is 0 Å². The van der Waals surface area contributed by atoms with E-state index < -0.39 is 9.84 Å². The van der Waals surface area contributed by atoms with Crippen molar-refractivity contribution in [2.45, 2.75) is 11.2 Å². The van der Waals surface area contributed by atoms with Crippen molar-refractivity contribution in [3.05, 3.63) is 47.8 Å². The third kappa shape index (κ3) is 2.49. The Morgan fingerprint density at radius 1 is 1.15 bits per heavy atom. The molecule has 0 amide bonds. The highest BCUT2D eigenvalue weighted by Gasteiger charge is 2.33. The molecule has 0 aromatic heterocycles. The molecule has 1 aliphatic rings. The van der Waals surface area contributed by atoms with Crippen molar-refractivity contribution in [2.24, 2.45) is 5.92 Å². The maximum atomic E-state index is 13.8. The molecule has 0 saturated carbocycles. The van der Waals surface area contributed by atoms with Gasteiger partial charge in [0.2, 0.25) is 0 Å². The van der Waals surface area contributed by atoms with E-state index in [2.05, 4.69) is 15.9 Å². The molecule has 0 radical (unpaired) electrons. The Labute approximate surface area is 126 Å². The molecule has 0 N–H and O–H groups in total. The zero-order chi connectivity index (χ0) is 14.3. The fourth-order valence-corrected chi connectivity index (χ4v) is 5.77. The number of sulfone groups is 1. The van der Waals surface area contributed by atoms with E-state index in [9.17, 15) is 12.8 Å². The molecule has 1 fully saturated rings. The molecule has 1 aliphatic heterocycles. The van der Waals surface area contributed by atoms with Gasteiger partial charge in [-0.15, -0.1) is 0 Å². The summed E-state index contributed by atoms with van der Waals surface area (Å²) in [7, 11) is -2.91. The van der Waals surface area contributed by atoms with Crippen molar-refractivity contribution in [3.8, 4) is 0 Å². The molecule has 1 saturated heterocycles. The smallest absolute Gasteiger partial charge is 0.150 e. The lowest BCUT2D eigenvalue weighted by atomic mass is 9.94. The predicted octanol–water partition coefficient (Wildman–Crippen LogP) is 3.85. The Bertz CT molecular complexity index is 758. The van der Waals surface area contributed by atoms with Crippen LogP contribution in [0, 0.1) is 11.7 Å². The highest BCUT2D eigenvalue weighted by atomic mass is 79.9. The molecule has 0 spiro atoms. The normalized spacial score (nSPS) is 23.0. The van der Waals surface area contributed by atoms with Crippen LogP contribution in [-0.2, 0) is 9.84 Å². The Hall–Kier alpha value is -0.940. The quantitative estimate of drug-likeness (QED) is 0.765. The van der Waals surface area contributed by atoms with Crippen LogP contribution in [0.2, 0.25) is 0 Å². The Morgan fingerprint density at radius 2 is 1.85 bits per heavy atom. The van der Waals surface area contributed by atoms with E-state index in [-0.39, 0.29) is 28.1 Å². The highest BCUT2D eigenvalue weighted by Crippen LogP contribution is 2.40. The molecule has 2 atom stereocenters. The number of rotatable bonds is 2. The number of fused-ring (bicyclic) bond motifs is 1. The molecule has 2 aromatic rings. The highest BCUT2D eigenvalue weighted by molar-refractivity contribution is 9.09. The maximum absolute atomic E-state index is 13.8. The van der Waals surface area contributed by atoms with Crippen LogP contribution in [0.5, 0.6) is 0 Å². The molecule has 5 heteroatoms. The second-order valence-corrected chi connectivity index (χ2v) is 8.46. The SMILES string of the molecule is O=S1(=O)CCC(C(Br)c2ccc(F)c3ccccc23)C1. The van der Waals surface area contributed by atoms with Crippen LogP contribution in [0.1, 0.15) is 16.8 Å². The molecule has 2 aromatic carbocycles. The monoisotopic (exact) mass is 356 g/mol. The maximum Gasteiger partial charge on any atom is 0.150 e. The summed E-state index contributed by atoms with van der Waals surface area (Å²) in [6, 6.07) is 10.5. The van der Waals surface area contributed by atoms with E-state index >= 15 is 0 Å². The zero-order valence-electron chi connectivity index (χ0n) is 10.7. The van der Waals surface area contributed by atoms with E-state index in [1.807, 2.05) is 12.1 Å². The van der Waals surface area contributed by atoms with Crippen LogP contribution < -0.4 is 0 Å². The summed E-state index contributed by atoms with van der Waals surface area (Å²) in [5.41, 5.74) is 0.962. The van der Waals surface area contributed by atoms with Crippen LogP contribution >= 0.6 is 15.9 Å². The van der Waals surface area contributed by atoms with Gasteiger partial charge >= 0.3 is 0 Å². The Kier molecular flexibility index (Phi) is 3.58. The van der Waals surface area contributed by atoms with Gasteiger partial charge in [0.25, 0.3) is 0 Å². The van der Waals surface area contributed by atoms with Crippen molar-refractivity contribution >= 4 is 36.5 Å². The van der Waals surface area contributed by atoms with Gasteiger partial charge in [-0.05, 0) is 29.4 Å². The summed E-state index contributed by atoms with van der Waals surface area (Å²) in [4.78, 5) is -0.0646.